The fourth-order valence-corrected chi connectivity index (χ4v) is 3.94. The fraction of sp³-hybridized carbons (Fsp3) is 0.200. The lowest BCUT2D eigenvalue weighted by molar-refractivity contribution is -0.0390. The summed E-state index contributed by atoms with van der Waals surface area (Å²) < 4.78 is 11.2. The largest absolute Gasteiger partial charge is 0.508 e. The van der Waals surface area contributed by atoms with Gasteiger partial charge in [-0.25, -0.2) is 9.59 Å². The summed E-state index contributed by atoms with van der Waals surface area (Å²) in [5, 5.41) is 58.3. The van der Waals surface area contributed by atoms with Gasteiger partial charge in [0.15, 0.2) is 28.7 Å². The van der Waals surface area contributed by atoms with Crippen molar-refractivity contribution < 1.29 is 49.7 Å². The van der Waals surface area contributed by atoms with E-state index < -0.39 is 47.1 Å². The number of benzene rings is 3. The van der Waals surface area contributed by atoms with Crippen molar-refractivity contribution in [1.29, 1.82) is 0 Å². The number of phenolic OH excluding ortho intramolecular Hbond substituents is 6. The molecule has 3 aromatic rings. The Hall–Kier alpha value is -4.60. The second-order valence-electron chi connectivity index (χ2n) is 8.27. The van der Waals surface area contributed by atoms with E-state index in [2.05, 4.69) is 0 Å². The van der Waals surface area contributed by atoms with Gasteiger partial charge in [0.1, 0.15) is 18.0 Å². The molecule has 2 atom stereocenters. The zero-order valence-electron chi connectivity index (χ0n) is 18.4. The number of aryl methyl sites for hydroxylation is 1. The molecule has 35 heavy (non-hydrogen) atoms. The molecule has 0 saturated heterocycles. The van der Waals surface area contributed by atoms with Gasteiger partial charge in [0, 0.05) is 12.8 Å². The van der Waals surface area contributed by atoms with Crippen LogP contribution in [-0.4, -0.2) is 54.8 Å². The molecule has 3 aromatic carbocycles. The zero-order chi connectivity index (χ0) is 25.4. The summed E-state index contributed by atoms with van der Waals surface area (Å²) in [6.45, 7) is 1.50. The lowest BCUT2D eigenvalue weighted by Gasteiger charge is -2.32. The number of phenols is 6. The van der Waals surface area contributed by atoms with Gasteiger partial charge in [-0.05, 0) is 60.0 Å². The number of hydrogen-bond donors (Lipinski definition) is 6. The van der Waals surface area contributed by atoms with Crippen LogP contribution >= 0.6 is 0 Å². The molecule has 1 aliphatic carbocycles. The van der Waals surface area contributed by atoms with Crippen molar-refractivity contribution in [3.8, 4) is 34.5 Å². The van der Waals surface area contributed by atoms with Crippen LogP contribution < -0.4 is 0 Å². The molecule has 0 heterocycles. The van der Waals surface area contributed by atoms with Crippen molar-refractivity contribution in [2.24, 2.45) is 0 Å². The van der Waals surface area contributed by atoms with E-state index >= 15 is 0 Å². The molecule has 0 aliphatic heterocycles. The molecule has 4 rings (SSSR count). The van der Waals surface area contributed by atoms with E-state index in [4.69, 9.17) is 9.47 Å². The summed E-state index contributed by atoms with van der Waals surface area (Å²) in [7, 11) is 0. The quantitative estimate of drug-likeness (QED) is 0.240. The average Bonchev–Trinajstić information content (AvgIpc) is 2.80. The molecule has 0 spiro atoms. The molecule has 0 bridgehead atoms. The zero-order valence-corrected chi connectivity index (χ0v) is 18.4. The van der Waals surface area contributed by atoms with Crippen molar-refractivity contribution >= 4 is 11.9 Å². The van der Waals surface area contributed by atoms with Gasteiger partial charge in [-0.15, -0.1) is 0 Å². The van der Waals surface area contributed by atoms with E-state index in [1.165, 1.54) is 25.1 Å². The SMILES string of the molecule is Cc1cc(C(=O)O[C@@H]2Cc3ccc(O)cc3C[C@@H]2OC(=O)c2cc(O)c(O)c(O)c2)cc(O)c1O. The smallest absolute Gasteiger partial charge is 0.338 e. The maximum absolute atomic E-state index is 12.8. The summed E-state index contributed by atoms with van der Waals surface area (Å²) in [6, 6.07) is 8.89. The Bertz CT molecular complexity index is 1280. The standard InChI is InChI=1S/C25H22O10/c1-11-4-14(6-17(27)22(11)30)24(32)34-20-9-12-2-3-16(26)5-13(12)10-21(20)35-25(33)15-7-18(28)23(31)19(29)8-15/h2-8,20-21,26-31H,9-10H2,1H3/t20-,21+/m1/s1. The molecule has 0 saturated carbocycles. The second kappa shape index (κ2) is 8.98. The summed E-state index contributed by atoms with van der Waals surface area (Å²) in [4.78, 5) is 25.6. The van der Waals surface area contributed by atoms with E-state index in [-0.39, 0.29) is 41.0 Å². The summed E-state index contributed by atoms with van der Waals surface area (Å²) in [6.07, 6.45) is -1.73. The second-order valence-corrected chi connectivity index (χ2v) is 8.27. The molecule has 0 unspecified atom stereocenters. The van der Waals surface area contributed by atoms with Crippen molar-refractivity contribution in [3.05, 3.63) is 70.3 Å². The highest BCUT2D eigenvalue weighted by Gasteiger charge is 2.35. The molecule has 1 aliphatic rings. The van der Waals surface area contributed by atoms with Gasteiger partial charge < -0.3 is 40.1 Å². The Morgan fingerprint density at radius 1 is 0.686 bits per heavy atom. The first-order valence-electron chi connectivity index (χ1n) is 10.5. The van der Waals surface area contributed by atoms with Crippen LogP contribution in [0.2, 0.25) is 0 Å². The predicted molar refractivity (Wildman–Crippen MR) is 120 cm³/mol. The fourth-order valence-electron chi connectivity index (χ4n) is 3.94. The number of carbonyl (C=O) groups is 2. The van der Waals surface area contributed by atoms with Crippen LogP contribution in [0.1, 0.15) is 37.4 Å². The van der Waals surface area contributed by atoms with E-state index in [1.54, 1.807) is 6.07 Å². The Labute approximate surface area is 198 Å². The van der Waals surface area contributed by atoms with Crippen molar-refractivity contribution in [3.63, 3.8) is 0 Å². The summed E-state index contributed by atoms with van der Waals surface area (Å²) >= 11 is 0. The van der Waals surface area contributed by atoms with Crippen LogP contribution in [0.3, 0.4) is 0 Å². The highest BCUT2D eigenvalue weighted by molar-refractivity contribution is 5.92. The van der Waals surface area contributed by atoms with Crippen LogP contribution in [-0.2, 0) is 22.3 Å². The number of hydrogen-bond acceptors (Lipinski definition) is 10. The minimum Gasteiger partial charge on any atom is -0.508 e. The molecule has 0 radical (unpaired) electrons. The molecule has 10 nitrogen and oxygen atoms in total. The Kier molecular flexibility index (Phi) is 6.04. The molecule has 0 aromatic heterocycles. The third-order valence-corrected chi connectivity index (χ3v) is 5.79. The van der Waals surface area contributed by atoms with E-state index in [0.717, 1.165) is 23.8 Å². The van der Waals surface area contributed by atoms with Crippen molar-refractivity contribution in [2.45, 2.75) is 32.0 Å². The monoisotopic (exact) mass is 482 g/mol. The minimum absolute atomic E-state index is 0.00712. The number of rotatable bonds is 4. The third-order valence-electron chi connectivity index (χ3n) is 5.79. The Morgan fingerprint density at radius 3 is 1.71 bits per heavy atom. The van der Waals surface area contributed by atoms with Gasteiger partial charge in [-0.1, -0.05) is 6.07 Å². The first-order chi connectivity index (χ1) is 16.5. The lowest BCUT2D eigenvalue weighted by atomic mass is 9.87. The molecular formula is C25H22O10. The van der Waals surface area contributed by atoms with Gasteiger partial charge >= 0.3 is 11.9 Å². The molecule has 10 heteroatoms. The van der Waals surface area contributed by atoms with Crippen LogP contribution in [0.15, 0.2) is 42.5 Å². The molecule has 0 fully saturated rings. The number of esters is 2. The predicted octanol–water partition coefficient (Wildman–Crippen LogP) is 2.78. The molecule has 182 valence electrons. The van der Waals surface area contributed by atoms with Gasteiger partial charge in [0.2, 0.25) is 0 Å². The Morgan fingerprint density at radius 2 is 1.17 bits per heavy atom. The topological polar surface area (TPSA) is 174 Å². The van der Waals surface area contributed by atoms with Crippen LogP contribution in [0.25, 0.3) is 0 Å². The van der Waals surface area contributed by atoms with Crippen LogP contribution in [0.5, 0.6) is 34.5 Å². The van der Waals surface area contributed by atoms with Crippen LogP contribution in [0, 0.1) is 6.92 Å². The summed E-state index contributed by atoms with van der Waals surface area (Å²) in [5.41, 5.74) is 1.43. The minimum atomic E-state index is -1.01. The normalized spacial score (nSPS) is 16.8. The maximum Gasteiger partial charge on any atom is 0.338 e. The first kappa shape index (κ1) is 23.6. The van der Waals surface area contributed by atoms with E-state index in [1.807, 2.05) is 0 Å². The average molecular weight is 482 g/mol. The number of ether oxygens (including phenoxy) is 2. The summed E-state index contributed by atoms with van der Waals surface area (Å²) in [5.74, 6) is -4.85. The molecular weight excluding hydrogens is 460 g/mol. The van der Waals surface area contributed by atoms with E-state index in [0.29, 0.717) is 5.56 Å². The van der Waals surface area contributed by atoms with Crippen LogP contribution in [0.4, 0.5) is 0 Å². The third kappa shape index (κ3) is 4.72. The maximum atomic E-state index is 12.8. The Balaban J connectivity index is 1.62. The van der Waals surface area contributed by atoms with Gasteiger partial charge in [0.05, 0.1) is 11.1 Å². The number of fused-ring (bicyclic) bond motifs is 1. The van der Waals surface area contributed by atoms with Gasteiger partial charge in [0.25, 0.3) is 0 Å². The van der Waals surface area contributed by atoms with Gasteiger partial charge in [-0.2, -0.15) is 0 Å². The number of carbonyl (C=O) groups excluding carboxylic acids is 2. The molecule has 0 amide bonds. The van der Waals surface area contributed by atoms with Gasteiger partial charge in [-0.3, -0.25) is 0 Å². The first-order valence-corrected chi connectivity index (χ1v) is 10.5. The highest BCUT2D eigenvalue weighted by Crippen LogP contribution is 2.36. The van der Waals surface area contributed by atoms with Crippen molar-refractivity contribution in [1.82, 2.24) is 0 Å². The van der Waals surface area contributed by atoms with E-state index in [9.17, 15) is 40.2 Å². The molecule has 6 N–H and O–H groups in total. The number of aromatic hydroxyl groups is 6. The lowest BCUT2D eigenvalue weighted by Crippen LogP contribution is -2.41. The highest BCUT2D eigenvalue weighted by atomic mass is 16.6. The van der Waals surface area contributed by atoms with Crippen molar-refractivity contribution in [2.75, 3.05) is 0 Å².